The molecule has 0 aromatic heterocycles. The molecule has 0 saturated carbocycles. The highest BCUT2D eigenvalue weighted by Gasteiger charge is 2.18. The molecule has 1 aromatic carbocycles. The van der Waals surface area contributed by atoms with Crippen molar-refractivity contribution in [2.45, 2.75) is 26.9 Å². The van der Waals surface area contributed by atoms with Crippen molar-refractivity contribution in [3.8, 4) is 5.75 Å². The van der Waals surface area contributed by atoms with Gasteiger partial charge in [-0.25, -0.2) is 0 Å². The molecule has 1 rings (SSSR count). The first kappa shape index (κ1) is 13.2. The number of hydrogen-bond donors (Lipinski definition) is 0. The standard InChI is InChI=1S/C13H16NO3/c1-5-10(4)11-6-7-13(17-9(2)3)12(8-11)14(15)16/h5-9H,1H2,2-4H3. The molecule has 0 N–H and O–H groups in total. The Balaban J connectivity index is 3.17. The Kier molecular flexibility index (Phi) is 4.26. The topological polar surface area (TPSA) is 52.4 Å². The van der Waals surface area contributed by atoms with Crippen LogP contribution in [0.25, 0.3) is 0 Å². The van der Waals surface area contributed by atoms with Gasteiger partial charge in [-0.1, -0.05) is 19.1 Å². The zero-order chi connectivity index (χ0) is 13.0. The molecule has 0 spiro atoms. The molecule has 0 aliphatic carbocycles. The number of rotatable bonds is 5. The number of hydrogen-bond acceptors (Lipinski definition) is 3. The highest BCUT2D eigenvalue weighted by molar-refractivity contribution is 5.52. The van der Waals surface area contributed by atoms with E-state index in [2.05, 4.69) is 6.58 Å². The second-order valence-electron chi connectivity index (χ2n) is 3.99. The summed E-state index contributed by atoms with van der Waals surface area (Å²) < 4.78 is 5.40. The van der Waals surface area contributed by atoms with Gasteiger partial charge in [-0.15, -0.1) is 6.58 Å². The fraction of sp³-hybridized carbons (Fsp3) is 0.308. The summed E-state index contributed by atoms with van der Waals surface area (Å²) in [6.07, 6.45) is 1.58. The van der Waals surface area contributed by atoms with Crippen LogP contribution >= 0.6 is 0 Å². The van der Waals surface area contributed by atoms with Gasteiger partial charge in [-0.05, 0) is 25.5 Å². The maximum absolute atomic E-state index is 11.0. The molecule has 0 fully saturated rings. The number of nitro benzene ring substituents is 1. The van der Waals surface area contributed by atoms with Gasteiger partial charge in [-0.2, -0.15) is 0 Å². The third-order valence-electron chi connectivity index (χ3n) is 2.28. The van der Waals surface area contributed by atoms with Crippen molar-refractivity contribution in [3.05, 3.63) is 52.4 Å². The lowest BCUT2D eigenvalue weighted by atomic mass is 10.0. The van der Waals surface area contributed by atoms with Gasteiger partial charge >= 0.3 is 5.69 Å². The molecule has 0 amide bonds. The van der Waals surface area contributed by atoms with E-state index in [1.54, 1.807) is 18.2 Å². The van der Waals surface area contributed by atoms with E-state index in [0.29, 0.717) is 5.75 Å². The SMILES string of the molecule is C=C[C](C)c1ccc(OC(C)C)c([N+](=O)[O-])c1. The molecular formula is C13H16NO3. The van der Waals surface area contributed by atoms with E-state index < -0.39 is 4.92 Å². The van der Waals surface area contributed by atoms with E-state index >= 15 is 0 Å². The molecule has 4 nitrogen and oxygen atoms in total. The number of benzene rings is 1. The Labute approximate surface area is 101 Å². The first-order valence-corrected chi connectivity index (χ1v) is 5.37. The number of nitrogens with zero attached hydrogens (tertiary/aromatic N) is 1. The Morgan fingerprint density at radius 3 is 2.65 bits per heavy atom. The van der Waals surface area contributed by atoms with Gasteiger partial charge < -0.3 is 4.74 Å². The van der Waals surface area contributed by atoms with Crippen LogP contribution in [0.5, 0.6) is 5.75 Å². The van der Waals surface area contributed by atoms with E-state index in [1.807, 2.05) is 20.8 Å². The molecule has 0 bridgehead atoms. The predicted octanol–water partition coefficient (Wildman–Crippen LogP) is 3.51. The van der Waals surface area contributed by atoms with Crippen LogP contribution < -0.4 is 4.74 Å². The van der Waals surface area contributed by atoms with Crippen molar-refractivity contribution in [3.63, 3.8) is 0 Å². The third kappa shape index (κ3) is 3.31. The molecule has 0 aliphatic rings. The highest BCUT2D eigenvalue weighted by atomic mass is 16.6. The lowest BCUT2D eigenvalue weighted by Gasteiger charge is -2.12. The second kappa shape index (κ2) is 5.48. The fourth-order valence-electron chi connectivity index (χ4n) is 1.38. The number of allylic oxidation sites excluding steroid dienone is 1. The van der Waals surface area contributed by atoms with Gasteiger partial charge in [0.15, 0.2) is 5.75 Å². The van der Waals surface area contributed by atoms with Gasteiger partial charge in [0.1, 0.15) is 0 Å². The Bertz CT molecular complexity index is 427. The van der Waals surface area contributed by atoms with E-state index in [4.69, 9.17) is 4.74 Å². The summed E-state index contributed by atoms with van der Waals surface area (Å²) in [6, 6.07) is 4.93. The first-order valence-electron chi connectivity index (χ1n) is 5.37. The smallest absolute Gasteiger partial charge is 0.311 e. The average Bonchev–Trinajstić information content (AvgIpc) is 2.27. The Morgan fingerprint density at radius 1 is 1.53 bits per heavy atom. The van der Waals surface area contributed by atoms with E-state index in [0.717, 1.165) is 11.5 Å². The normalized spacial score (nSPS) is 10.6. The van der Waals surface area contributed by atoms with Crippen molar-refractivity contribution < 1.29 is 9.66 Å². The van der Waals surface area contributed by atoms with Crippen LogP contribution in [0.3, 0.4) is 0 Å². The Hall–Kier alpha value is -1.84. The molecule has 0 heterocycles. The summed E-state index contributed by atoms with van der Waals surface area (Å²) >= 11 is 0. The summed E-state index contributed by atoms with van der Waals surface area (Å²) in [4.78, 5) is 10.5. The Morgan fingerprint density at radius 2 is 2.18 bits per heavy atom. The van der Waals surface area contributed by atoms with Gasteiger partial charge in [0.2, 0.25) is 0 Å². The van der Waals surface area contributed by atoms with Crippen LogP contribution in [0.2, 0.25) is 0 Å². The van der Waals surface area contributed by atoms with Crippen LogP contribution in [-0.2, 0) is 0 Å². The first-order chi connectivity index (χ1) is 7.95. The number of nitro groups is 1. The zero-order valence-corrected chi connectivity index (χ0v) is 10.3. The highest BCUT2D eigenvalue weighted by Crippen LogP contribution is 2.31. The van der Waals surface area contributed by atoms with E-state index in [9.17, 15) is 10.1 Å². The van der Waals surface area contributed by atoms with Gasteiger partial charge in [0, 0.05) is 12.0 Å². The molecule has 4 heteroatoms. The lowest BCUT2D eigenvalue weighted by Crippen LogP contribution is -2.07. The minimum absolute atomic E-state index is 0.0163. The molecule has 0 atom stereocenters. The maximum Gasteiger partial charge on any atom is 0.311 e. The summed E-state index contributed by atoms with van der Waals surface area (Å²) in [6.45, 7) is 9.16. The second-order valence-corrected chi connectivity index (χ2v) is 3.99. The summed E-state index contributed by atoms with van der Waals surface area (Å²) in [5.74, 6) is 1.19. The molecule has 0 unspecified atom stereocenters. The van der Waals surface area contributed by atoms with Crippen LogP contribution in [0.1, 0.15) is 26.3 Å². The molecule has 0 aliphatic heterocycles. The van der Waals surface area contributed by atoms with Crippen molar-refractivity contribution in [1.82, 2.24) is 0 Å². The van der Waals surface area contributed by atoms with E-state index in [1.165, 1.54) is 6.07 Å². The minimum atomic E-state index is -0.433. The van der Waals surface area contributed by atoms with Crippen LogP contribution in [0, 0.1) is 16.0 Å². The van der Waals surface area contributed by atoms with Crippen molar-refractivity contribution in [2.24, 2.45) is 0 Å². The molecule has 91 valence electrons. The molecular weight excluding hydrogens is 218 g/mol. The quantitative estimate of drug-likeness (QED) is 0.578. The van der Waals surface area contributed by atoms with E-state index in [-0.39, 0.29) is 11.8 Å². The van der Waals surface area contributed by atoms with Crippen LogP contribution in [0.4, 0.5) is 5.69 Å². The average molecular weight is 234 g/mol. The van der Waals surface area contributed by atoms with Crippen molar-refractivity contribution >= 4 is 5.69 Å². The largest absolute Gasteiger partial charge is 0.484 e. The van der Waals surface area contributed by atoms with Crippen LogP contribution in [-0.4, -0.2) is 11.0 Å². The van der Waals surface area contributed by atoms with Gasteiger partial charge in [0.05, 0.1) is 11.0 Å². The molecule has 1 aromatic rings. The maximum atomic E-state index is 11.0. The molecule has 0 saturated heterocycles. The monoisotopic (exact) mass is 234 g/mol. The molecule has 1 radical (unpaired) electrons. The van der Waals surface area contributed by atoms with Gasteiger partial charge in [0.25, 0.3) is 0 Å². The van der Waals surface area contributed by atoms with Crippen LogP contribution in [0.15, 0.2) is 30.9 Å². The summed E-state index contributed by atoms with van der Waals surface area (Å²) in [7, 11) is 0. The van der Waals surface area contributed by atoms with Crippen molar-refractivity contribution in [1.29, 1.82) is 0 Å². The minimum Gasteiger partial charge on any atom is -0.484 e. The summed E-state index contributed by atoms with van der Waals surface area (Å²) in [5, 5.41) is 11.0. The third-order valence-corrected chi connectivity index (χ3v) is 2.28. The predicted molar refractivity (Wildman–Crippen MR) is 67.1 cm³/mol. The lowest BCUT2D eigenvalue weighted by molar-refractivity contribution is -0.386. The number of ether oxygens (including phenoxy) is 1. The fourth-order valence-corrected chi connectivity index (χ4v) is 1.38. The zero-order valence-electron chi connectivity index (χ0n) is 10.3. The van der Waals surface area contributed by atoms with Gasteiger partial charge in [-0.3, -0.25) is 10.1 Å². The molecule has 17 heavy (non-hydrogen) atoms. The summed E-state index contributed by atoms with van der Waals surface area (Å²) in [5.41, 5.74) is 0.764. The van der Waals surface area contributed by atoms with Crippen molar-refractivity contribution in [2.75, 3.05) is 0 Å².